The fourth-order valence-corrected chi connectivity index (χ4v) is 1.70. The summed E-state index contributed by atoms with van der Waals surface area (Å²) in [6.07, 6.45) is 0. The molecule has 0 saturated heterocycles. The van der Waals surface area contributed by atoms with Crippen LogP contribution in [0.5, 0.6) is 0 Å². The van der Waals surface area contributed by atoms with Crippen LogP contribution in [0.4, 0.5) is 4.39 Å². The molecule has 1 atom stereocenters. The number of halogens is 1. The minimum absolute atomic E-state index is 0.101. The Kier molecular flexibility index (Phi) is 5.10. The van der Waals surface area contributed by atoms with E-state index in [4.69, 9.17) is 0 Å². The van der Waals surface area contributed by atoms with E-state index in [9.17, 15) is 9.18 Å². The molecule has 94 valence electrons. The fraction of sp³-hybridized carbons (Fsp3) is 0.462. The predicted molar refractivity (Wildman–Crippen MR) is 66.5 cm³/mol. The summed E-state index contributed by atoms with van der Waals surface area (Å²) in [5.41, 5.74) is 0.101. The molecule has 1 amide bonds. The first-order valence-electron chi connectivity index (χ1n) is 5.68. The van der Waals surface area contributed by atoms with Crippen LogP contribution in [0.15, 0.2) is 24.3 Å². The summed E-state index contributed by atoms with van der Waals surface area (Å²) in [5.74, 6) is -0.500. The SMILES string of the molecule is C[C@H](CNC(=O)c1ccccc1F)CN(C)C. The molecule has 4 heteroatoms. The Morgan fingerprint density at radius 1 is 1.41 bits per heavy atom. The quantitative estimate of drug-likeness (QED) is 0.847. The van der Waals surface area contributed by atoms with Crippen LogP contribution in [-0.4, -0.2) is 38.0 Å². The van der Waals surface area contributed by atoms with Crippen LogP contribution in [0.2, 0.25) is 0 Å². The Hall–Kier alpha value is -1.42. The molecule has 1 rings (SSSR count). The van der Waals surface area contributed by atoms with Gasteiger partial charge in [0.1, 0.15) is 5.82 Å². The van der Waals surface area contributed by atoms with E-state index < -0.39 is 5.82 Å². The third-order valence-electron chi connectivity index (χ3n) is 2.41. The molecule has 0 aliphatic rings. The summed E-state index contributed by atoms with van der Waals surface area (Å²) in [5, 5.41) is 2.74. The molecular formula is C13H19FN2O. The highest BCUT2D eigenvalue weighted by Crippen LogP contribution is 2.06. The Morgan fingerprint density at radius 3 is 2.65 bits per heavy atom. The minimum Gasteiger partial charge on any atom is -0.352 e. The van der Waals surface area contributed by atoms with Crippen molar-refractivity contribution in [1.82, 2.24) is 10.2 Å². The van der Waals surface area contributed by atoms with Gasteiger partial charge >= 0.3 is 0 Å². The predicted octanol–water partition coefficient (Wildman–Crippen LogP) is 1.75. The molecule has 1 aromatic rings. The Bertz CT molecular complexity index is 379. The number of carbonyl (C=O) groups excluding carboxylic acids is 1. The largest absolute Gasteiger partial charge is 0.352 e. The second kappa shape index (κ2) is 6.35. The molecule has 0 aliphatic carbocycles. The maximum absolute atomic E-state index is 13.3. The van der Waals surface area contributed by atoms with Crippen LogP contribution in [-0.2, 0) is 0 Å². The van der Waals surface area contributed by atoms with Crippen LogP contribution in [0, 0.1) is 11.7 Å². The molecule has 0 saturated carbocycles. The standard InChI is InChI=1S/C13H19FN2O/c1-10(9-16(2)3)8-15-13(17)11-6-4-5-7-12(11)14/h4-7,10H,8-9H2,1-3H3,(H,15,17)/t10-/m1/s1. The molecule has 0 heterocycles. The summed E-state index contributed by atoms with van der Waals surface area (Å²) < 4.78 is 13.3. The van der Waals surface area contributed by atoms with Gasteiger partial charge < -0.3 is 10.2 Å². The van der Waals surface area contributed by atoms with Gasteiger partial charge in [0, 0.05) is 13.1 Å². The van der Waals surface area contributed by atoms with E-state index in [1.165, 1.54) is 12.1 Å². The molecule has 0 aromatic heterocycles. The molecule has 1 aromatic carbocycles. The zero-order valence-corrected chi connectivity index (χ0v) is 10.5. The van der Waals surface area contributed by atoms with Gasteiger partial charge in [-0.05, 0) is 32.1 Å². The first-order valence-corrected chi connectivity index (χ1v) is 5.68. The van der Waals surface area contributed by atoms with Crippen LogP contribution in [0.25, 0.3) is 0 Å². The van der Waals surface area contributed by atoms with Gasteiger partial charge in [-0.1, -0.05) is 19.1 Å². The van der Waals surface area contributed by atoms with Gasteiger partial charge in [0.25, 0.3) is 5.91 Å². The van der Waals surface area contributed by atoms with Crippen molar-refractivity contribution in [1.29, 1.82) is 0 Å². The number of hydrogen-bond acceptors (Lipinski definition) is 2. The average molecular weight is 238 g/mol. The lowest BCUT2D eigenvalue weighted by atomic mass is 10.1. The van der Waals surface area contributed by atoms with Crippen molar-refractivity contribution in [3.63, 3.8) is 0 Å². The Morgan fingerprint density at radius 2 is 2.06 bits per heavy atom. The number of nitrogens with one attached hydrogen (secondary N) is 1. The number of benzene rings is 1. The van der Waals surface area contributed by atoms with Crippen molar-refractivity contribution >= 4 is 5.91 Å². The summed E-state index contributed by atoms with van der Waals surface area (Å²) >= 11 is 0. The van der Waals surface area contributed by atoms with E-state index in [1.54, 1.807) is 12.1 Å². The summed E-state index contributed by atoms with van der Waals surface area (Å²) in [7, 11) is 3.96. The fourth-order valence-electron chi connectivity index (χ4n) is 1.70. The summed E-state index contributed by atoms with van der Waals surface area (Å²) in [4.78, 5) is 13.7. The zero-order valence-electron chi connectivity index (χ0n) is 10.5. The van der Waals surface area contributed by atoms with E-state index in [1.807, 2.05) is 21.0 Å². The lowest BCUT2D eigenvalue weighted by Crippen LogP contribution is -2.33. The van der Waals surface area contributed by atoms with E-state index in [0.29, 0.717) is 12.5 Å². The summed E-state index contributed by atoms with van der Waals surface area (Å²) in [6, 6.07) is 6.00. The third kappa shape index (κ3) is 4.53. The average Bonchev–Trinajstić information content (AvgIpc) is 2.25. The highest BCUT2D eigenvalue weighted by molar-refractivity contribution is 5.94. The van der Waals surface area contributed by atoms with Gasteiger partial charge in [0.15, 0.2) is 0 Å². The van der Waals surface area contributed by atoms with Gasteiger partial charge in [-0.15, -0.1) is 0 Å². The molecule has 0 fully saturated rings. The van der Waals surface area contributed by atoms with Gasteiger partial charge in [0.2, 0.25) is 0 Å². The number of amides is 1. The van der Waals surface area contributed by atoms with Crippen molar-refractivity contribution in [3.05, 3.63) is 35.6 Å². The van der Waals surface area contributed by atoms with Crippen molar-refractivity contribution in [2.75, 3.05) is 27.2 Å². The maximum atomic E-state index is 13.3. The number of nitrogens with zero attached hydrogens (tertiary/aromatic N) is 1. The molecule has 0 aliphatic heterocycles. The van der Waals surface area contributed by atoms with Crippen LogP contribution < -0.4 is 5.32 Å². The third-order valence-corrected chi connectivity index (χ3v) is 2.41. The number of hydrogen-bond donors (Lipinski definition) is 1. The van der Waals surface area contributed by atoms with Gasteiger partial charge in [0.05, 0.1) is 5.56 Å². The highest BCUT2D eigenvalue weighted by Gasteiger charge is 2.11. The first kappa shape index (κ1) is 13.6. The minimum atomic E-state index is -0.481. The van der Waals surface area contributed by atoms with Crippen LogP contribution in [0.1, 0.15) is 17.3 Å². The van der Waals surface area contributed by atoms with E-state index in [-0.39, 0.29) is 11.5 Å². The summed E-state index contributed by atoms with van der Waals surface area (Å²) in [6.45, 7) is 3.48. The van der Waals surface area contributed by atoms with Crippen molar-refractivity contribution in [3.8, 4) is 0 Å². The zero-order chi connectivity index (χ0) is 12.8. The molecule has 1 N–H and O–H groups in total. The second-order valence-electron chi connectivity index (χ2n) is 4.56. The van der Waals surface area contributed by atoms with Crippen LogP contribution in [0.3, 0.4) is 0 Å². The van der Waals surface area contributed by atoms with E-state index in [2.05, 4.69) is 10.2 Å². The normalized spacial score (nSPS) is 12.5. The Balaban J connectivity index is 2.48. The molecule has 0 bridgehead atoms. The first-order chi connectivity index (χ1) is 8.00. The topological polar surface area (TPSA) is 32.3 Å². The van der Waals surface area contributed by atoms with Gasteiger partial charge in [-0.3, -0.25) is 4.79 Å². The van der Waals surface area contributed by atoms with Crippen molar-refractivity contribution < 1.29 is 9.18 Å². The molecular weight excluding hydrogens is 219 g/mol. The van der Waals surface area contributed by atoms with Crippen molar-refractivity contribution in [2.45, 2.75) is 6.92 Å². The lowest BCUT2D eigenvalue weighted by molar-refractivity contribution is 0.0942. The molecule has 3 nitrogen and oxygen atoms in total. The number of rotatable bonds is 5. The van der Waals surface area contributed by atoms with Crippen LogP contribution >= 0.6 is 0 Å². The second-order valence-corrected chi connectivity index (χ2v) is 4.56. The molecule has 0 unspecified atom stereocenters. The molecule has 17 heavy (non-hydrogen) atoms. The number of carbonyl (C=O) groups is 1. The van der Waals surface area contributed by atoms with Crippen molar-refractivity contribution in [2.24, 2.45) is 5.92 Å². The highest BCUT2D eigenvalue weighted by atomic mass is 19.1. The van der Waals surface area contributed by atoms with E-state index in [0.717, 1.165) is 6.54 Å². The maximum Gasteiger partial charge on any atom is 0.254 e. The Labute approximate surface area is 102 Å². The van der Waals surface area contributed by atoms with Gasteiger partial charge in [-0.2, -0.15) is 0 Å². The molecule has 0 spiro atoms. The lowest BCUT2D eigenvalue weighted by Gasteiger charge is -2.17. The van der Waals surface area contributed by atoms with E-state index >= 15 is 0 Å². The smallest absolute Gasteiger partial charge is 0.254 e. The van der Waals surface area contributed by atoms with Gasteiger partial charge in [-0.25, -0.2) is 4.39 Å². The molecule has 0 radical (unpaired) electrons. The monoisotopic (exact) mass is 238 g/mol.